The van der Waals surface area contributed by atoms with Crippen LogP contribution < -0.4 is 10.2 Å². The van der Waals surface area contributed by atoms with Gasteiger partial charge in [0.25, 0.3) is 0 Å². The van der Waals surface area contributed by atoms with Gasteiger partial charge in [0.1, 0.15) is 12.4 Å². The minimum atomic E-state index is -0.376. The van der Waals surface area contributed by atoms with Crippen LogP contribution in [0.5, 0.6) is 0 Å². The molecule has 0 aromatic carbocycles. The molecular weight excluding hydrogens is 428 g/mol. The molecule has 34 heavy (non-hydrogen) atoms. The van der Waals surface area contributed by atoms with Crippen LogP contribution in [0, 0.1) is 5.92 Å². The first kappa shape index (κ1) is 23.6. The highest BCUT2D eigenvalue weighted by molar-refractivity contribution is 5.89. The SMILES string of the molecule is CC(C)[C@H]1COC(=O)N1c1ccnc(N[C@@H](C)c2ccc(-c3ccnc(C(C)(C)C)c3)cn2)n1. The number of rotatable bonds is 6. The Hall–Kier alpha value is -3.55. The minimum Gasteiger partial charge on any atom is -0.447 e. The van der Waals surface area contributed by atoms with E-state index in [0.717, 1.165) is 22.5 Å². The van der Waals surface area contributed by atoms with Crippen LogP contribution >= 0.6 is 0 Å². The van der Waals surface area contributed by atoms with Crippen LogP contribution in [0.3, 0.4) is 0 Å². The summed E-state index contributed by atoms with van der Waals surface area (Å²) >= 11 is 0. The number of cyclic esters (lactones) is 1. The molecule has 0 unspecified atom stereocenters. The molecule has 0 bridgehead atoms. The Labute approximate surface area is 200 Å². The highest BCUT2D eigenvalue weighted by Gasteiger charge is 2.37. The van der Waals surface area contributed by atoms with E-state index in [1.807, 2.05) is 31.5 Å². The van der Waals surface area contributed by atoms with E-state index in [0.29, 0.717) is 18.4 Å². The van der Waals surface area contributed by atoms with E-state index in [9.17, 15) is 4.79 Å². The van der Waals surface area contributed by atoms with Crippen LogP contribution in [0.15, 0.2) is 48.9 Å². The standard InChI is InChI=1S/C26H32N6O2/c1-16(2)21-15-34-25(33)32(21)23-10-12-28-24(31-23)30-17(3)20-8-7-19(14-29-20)18-9-11-27-22(13-18)26(4,5)6/h7-14,16-17,21H,15H2,1-6H3,(H,28,30,31)/t17-,21+/m0/s1. The number of pyridine rings is 2. The van der Waals surface area contributed by atoms with Crippen molar-refractivity contribution in [2.75, 3.05) is 16.8 Å². The van der Waals surface area contributed by atoms with Crippen molar-refractivity contribution in [3.8, 4) is 11.1 Å². The molecule has 8 heteroatoms. The predicted molar refractivity (Wildman–Crippen MR) is 133 cm³/mol. The van der Waals surface area contributed by atoms with Gasteiger partial charge >= 0.3 is 6.09 Å². The Bertz CT molecular complexity index is 1160. The van der Waals surface area contributed by atoms with Crippen LogP contribution in [-0.2, 0) is 10.2 Å². The Morgan fingerprint density at radius 2 is 1.79 bits per heavy atom. The van der Waals surface area contributed by atoms with Gasteiger partial charge in [-0.15, -0.1) is 0 Å². The van der Waals surface area contributed by atoms with Crippen molar-refractivity contribution in [1.29, 1.82) is 0 Å². The van der Waals surface area contributed by atoms with E-state index >= 15 is 0 Å². The molecule has 178 valence electrons. The molecule has 1 saturated heterocycles. The number of carbonyl (C=O) groups is 1. The summed E-state index contributed by atoms with van der Waals surface area (Å²) in [4.78, 5) is 32.0. The number of hydrogen-bond acceptors (Lipinski definition) is 7. The summed E-state index contributed by atoms with van der Waals surface area (Å²) in [6.07, 6.45) is 4.99. The third-order valence-electron chi connectivity index (χ3n) is 6.00. The molecule has 0 spiro atoms. The molecule has 1 amide bonds. The third kappa shape index (κ3) is 5.00. The Kier molecular flexibility index (Phi) is 6.50. The first-order valence-electron chi connectivity index (χ1n) is 11.6. The van der Waals surface area contributed by atoms with Crippen LogP contribution in [0.4, 0.5) is 16.6 Å². The Morgan fingerprint density at radius 3 is 2.47 bits per heavy atom. The maximum absolute atomic E-state index is 12.3. The van der Waals surface area contributed by atoms with Gasteiger partial charge < -0.3 is 10.1 Å². The quantitative estimate of drug-likeness (QED) is 0.527. The minimum absolute atomic E-state index is 0.0165. The summed E-state index contributed by atoms with van der Waals surface area (Å²) in [5, 5.41) is 3.30. The van der Waals surface area contributed by atoms with Crippen LogP contribution in [0.1, 0.15) is 59.0 Å². The summed E-state index contributed by atoms with van der Waals surface area (Å²) in [6.45, 7) is 13.0. The fourth-order valence-electron chi connectivity index (χ4n) is 3.86. The maximum atomic E-state index is 12.3. The first-order valence-corrected chi connectivity index (χ1v) is 11.6. The number of nitrogens with one attached hydrogen (secondary N) is 1. The summed E-state index contributed by atoms with van der Waals surface area (Å²) in [6, 6.07) is 9.73. The summed E-state index contributed by atoms with van der Waals surface area (Å²) in [5.41, 5.74) is 4.02. The maximum Gasteiger partial charge on any atom is 0.415 e. The summed E-state index contributed by atoms with van der Waals surface area (Å²) in [5.74, 6) is 1.21. The number of carbonyl (C=O) groups excluding carboxylic acids is 1. The third-order valence-corrected chi connectivity index (χ3v) is 6.00. The highest BCUT2D eigenvalue weighted by atomic mass is 16.6. The van der Waals surface area contributed by atoms with Gasteiger partial charge in [0.15, 0.2) is 0 Å². The number of nitrogens with zero attached hydrogens (tertiary/aromatic N) is 5. The van der Waals surface area contributed by atoms with E-state index in [4.69, 9.17) is 4.74 Å². The molecule has 0 aliphatic carbocycles. The van der Waals surface area contributed by atoms with Crippen molar-refractivity contribution in [3.05, 3.63) is 60.3 Å². The molecule has 3 aromatic heterocycles. The second-order valence-corrected chi connectivity index (χ2v) is 10.0. The fraction of sp³-hybridized carbons (Fsp3) is 0.423. The molecule has 4 heterocycles. The van der Waals surface area contributed by atoms with Gasteiger partial charge in [-0.1, -0.05) is 40.7 Å². The highest BCUT2D eigenvalue weighted by Crippen LogP contribution is 2.28. The van der Waals surface area contributed by atoms with Gasteiger partial charge in [-0.25, -0.2) is 9.78 Å². The van der Waals surface area contributed by atoms with E-state index < -0.39 is 0 Å². The predicted octanol–water partition coefficient (Wildman–Crippen LogP) is 5.39. The largest absolute Gasteiger partial charge is 0.447 e. The van der Waals surface area contributed by atoms with E-state index in [-0.39, 0.29) is 29.5 Å². The monoisotopic (exact) mass is 460 g/mol. The van der Waals surface area contributed by atoms with Crippen molar-refractivity contribution < 1.29 is 9.53 Å². The Balaban J connectivity index is 1.49. The lowest BCUT2D eigenvalue weighted by Crippen LogP contribution is -2.37. The van der Waals surface area contributed by atoms with Crippen molar-refractivity contribution in [3.63, 3.8) is 0 Å². The molecule has 2 atom stereocenters. The zero-order chi connectivity index (χ0) is 24.5. The molecule has 0 radical (unpaired) electrons. The molecule has 1 aliphatic heterocycles. The number of ether oxygens (including phenoxy) is 1. The zero-order valence-corrected chi connectivity index (χ0v) is 20.6. The van der Waals surface area contributed by atoms with Crippen LogP contribution in [-0.4, -0.2) is 38.7 Å². The van der Waals surface area contributed by atoms with E-state index in [1.54, 1.807) is 17.2 Å². The molecule has 8 nitrogen and oxygen atoms in total. The topological polar surface area (TPSA) is 93.1 Å². The van der Waals surface area contributed by atoms with E-state index in [1.165, 1.54) is 0 Å². The number of hydrogen-bond donors (Lipinski definition) is 1. The number of anilines is 2. The van der Waals surface area contributed by atoms with Crippen LogP contribution in [0.25, 0.3) is 11.1 Å². The van der Waals surface area contributed by atoms with Gasteiger partial charge in [-0.3, -0.25) is 14.9 Å². The van der Waals surface area contributed by atoms with Gasteiger partial charge in [-0.2, -0.15) is 4.98 Å². The summed E-state index contributed by atoms with van der Waals surface area (Å²) in [7, 11) is 0. The second kappa shape index (κ2) is 9.37. The molecule has 1 aliphatic rings. The van der Waals surface area contributed by atoms with Crippen LogP contribution in [0.2, 0.25) is 0 Å². The normalized spacial score (nSPS) is 17.1. The van der Waals surface area contributed by atoms with Crippen molar-refractivity contribution in [2.45, 2.75) is 59.0 Å². The van der Waals surface area contributed by atoms with Gasteiger partial charge in [0.2, 0.25) is 5.95 Å². The first-order chi connectivity index (χ1) is 16.1. The van der Waals surface area contributed by atoms with E-state index in [2.05, 4.69) is 72.0 Å². The molecular formula is C26H32N6O2. The number of aromatic nitrogens is 4. The second-order valence-electron chi connectivity index (χ2n) is 10.0. The molecule has 0 saturated carbocycles. The average Bonchev–Trinajstić information content (AvgIpc) is 3.20. The molecule has 3 aromatic rings. The fourth-order valence-corrected chi connectivity index (χ4v) is 3.86. The molecule has 1 N–H and O–H groups in total. The lowest BCUT2D eigenvalue weighted by molar-refractivity contribution is 0.177. The lowest BCUT2D eigenvalue weighted by Gasteiger charge is -2.23. The van der Waals surface area contributed by atoms with Gasteiger partial charge in [-0.05, 0) is 42.7 Å². The molecule has 1 fully saturated rings. The lowest BCUT2D eigenvalue weighted by atomic mass is 9.90. The van der Waals surface area contributed by atoms with Crippen molar-refractivity contribution in [1.82, 2.24) is 19.9 Å². The smallest absolute Gasteiger partial charge is 0.415 e. The summed E-state index contributed by atoms with van der Waals surface area (Å²) < 4.78 is 5.25. The van der Waals surface area contributed by atoms with Crippen molar-refractivity contribution >= 4 is 17.9 Å². The number of amides is 1. The van der Waals surface area contributed by atoms with Crippen molar-refractivity contribution in [2.24, 2.45) is 5.92 Å². The average molecular weight is 461 g/mol. The molecule has 4 rings (SSSR count). The van der Waals surface area contributed by atoms with Gasteiger partial charge in [0.05, 0.1) is 17.8 Å². The Morgan fingerprint density at radius 1 is 1.03 bits per heavy atom. The van der Waals surface area contributed by atoms with Gasteiger partial charge in [0, 0.05) is 35.3 Å². The zero-order valence-electron chi connectivity index (χ0n) is 20.6.